The van der Waals surface area contributed by atoms with Gasteiger partial charge in [-0.15, -0.1) is 0 Å². The van der Waals surface area contributed by atoms with Crippen LogP contribution in [-0.2, 0) is 11.2 Å². The molecule has 0 aliphatic rings. The number of alkyl halides is 4. The summed E-state index contributed by atoms with van der Waals surface area (Å²) in [4.78, 5) is 11.8. The van der Waals surface area contributed by atoms with Crippen molar-refractivity contribution in [3.63, 3.8) is 0 Å². The fourth-order valence-electron chi connectivity index (χ4n) is 2.17. The van der Waals surface area contributed by atoms with Crippen LogP contribution in [0.5, 0.6) is 17.2 Å². The minimum atomic E-state index is -3.19. The number of nitrogens with zero attached hydrogens (tertiary/aromatic N) is 1. The summed E-state index contributed by atoms with van der Waals surface area (Å²) in [5.41, 5.74) is 3.30. The number of hydrogen-bond donors (Lipinski definition) is 1. The molecule has 0 aliphatic carbocycles. The molecule has 0 saturated carbocycles. The quantitative estimate of drug-likeness (QED) is 0.363. The van der Waals surface area contributed by atoms with E-state index in [-0.39, 0.29) is 17.9 Å². The van der Waals surface area contributed by atoms with E-state index in [1.165, 1.54) is 6.07 Å². The van der Waals surface area contributed by atoms with E-state index in [0.29, 0.717) is 5.75 Å². The zero-order chi connectivity index (χ0) is 21.2. The molecular weight excluding hydrogens is 396 g/mol. The summed E-state index contributed by atoms with van der Waals surface area (Å²) < 4.78 is 63.2. The Morgan fingerprint density at radius 3 is 2.31 bits per heavy atom. The van der Waals surface area contributed by atoms with E-state index in [1.807, 2.05) is 19.1 Å². The lowest BCUT2D eigenvalue weighted by Gasteiger charge is -2.10. The molecule has 0 bridgehead atoms. The molecule has 6 nitrogen and oxygen atoms in total. The lowest BCUT2D eigenvalue weighted by atomic mass is 10.2. The Morgan fingerprint density at radius 1 is 1.03 bits per heavy atom. The van der Waals surface area contributed by atoms with Gasteiger partial charge in [0.25, 0.3) is 5.91 Å². The predicted molar refractivity (Wildman–Crippen MR) is 96.8 cm³/mol. The standard InChI is InChI=1S/C19H18F4N2O4/c1-2-12-3-6-14(7-4-12)27-11-17(26)25-24-10-13-5-8-15(28-18(20)21)9-16(13)29-19(22)23/h3-10,18-19H,2,11H2,1H3,(H,25,26)/b24-10-. The van der Waals surface area contributed by atoms with Crippen LogP contribution < -0.4 is 19.6 Å². The molecule has 2 aromatic carbocycles. The maximum absolute atomic E-state index is 12.5. The Balaban J connectivity index is 1.94. The fraction of sp³-hybridized carbons (Fsp3) is 0.263. The largest absolute Gasteiger partial charge is 0.484 e. The number of amides is 1. The van der Waals surface area contributed by atoms with Gasteiger partial charge in [0.2, 0.25) is 0 Å². The van der Waals surface area contributed by atoms with Crippen molar-refractivity contribution >= 4 is 12.1 Å². The van der Waals surface area contributed by atoms with Crippen molar-refractivity contribution in [2.75, 3.05) is 6.61 Å². The van der Waals surface area contributed by atoms with Crippen LogP contribution >= 0.6 is 0 Å². The van der Waals surface area contributed by atoms with Gasteiger partial charge in [0.05, 0.1) is 6.21 Å². The summed E-state index contributed by atoms with van der Waals surface area (Å²) >= 11 is 0. The fourth-order valence-corrected chi connectivity index (χ4v) is 2.17. The molecule has 0 atom stereocenters. The van der Waals surface area contributed by atoms with Crippen LogP contribution in [0.2, 0.25) is 0 Å². The Bertz CT molecular complexity index is 829. The molecule has 10 heteroatoms. The second-order valence-electron chi connectivity index (χ2n) is 5.54. The van der Waals surface area contributed by atoms with Crippen LogP contribution in [0.15, 0.2) is 47.6 Å². The molecule has 1 amide bonds. The average molecular weight is 414 g/mol. The van der Waals surface area contributed by atoms with Gasteiger partial charge in [0.15, 0.2) is 6.61 Å². The summed E-state index contributed by atoms with van der Waals surface area (Å²) in [6.45, 7) is -4.61. The molecule has 0 spiro atoms. The monoisotopic (exact) mass is 414 g/mol. The van der Waals surface area contributed by atoms with Crippen molar-refractivity contribution in [1.82, 2.24) is 5.43 Å². The molecule has 0 saturated heterocycles. The Morgan fingerprint density at radius 2 is 1.69 bits per heavy atom. The number of carbonyl (C=O) groups excluding carboxylic acids is 1. The van der Waals surface area contributed by atoms with Crippen molar-refractivity contribution in [1.29, 1.82) is 0 Å². The van der Waals surface area contributed by atoms with Crippen molar-refractivity contribution in [2.45, 2.75) is 26.6 Å². The van der Waals surface area contributed by atoms with Crippen LogP contribution in [0.25, 0.3) is 0 Å². The summed E-state index contributed by atoms with van der Waals surface area (Å²) in [5, 5.41) is 3.62. The minimum Gasteiger partial charge on any atom is -0.484 e. The molecule has 0 radical (unpaired) electrons. The SMILES string of the molecule is CCc1ccc(OCC(=O)N/N=C\c2ccc(OC(F)F)cc2OC(F)F)cc1. The van der Waals surface area contributed by atoms with Crippen molar-refractivity contribution in [3.05, 3.63) is 53.6 Å². The first-order valence-electron chi connectivity index (χ1n) is 8.44. The van der Waals surface area contributed by atoms with Gasteiger partial charge in [-0.25, -0.2) is 5.43 Å². The van der Waals surface area contributed by atoms with Crippen LogP contribution in [0.3, 0.4) is 0 Å². The van der Waals surface area contributed by atoms with Gasteiger partial charge in [-0.1, -0.05) is 19.1 Å². The minimum absolute atomic E-state index is 0.0169. The molecule has 0 unspecified atom stereocenters. The number of aryl methyl sites for hydroxylation is 1. The topological polar surface area (TPSA) is 69.2 Å². The van der Waals surface area contributed by atoms with Crippen LogP contribution in [0.1, 0.15) is 18.1 Å². The van der Waals surface area contributed by atoms with E-state index in [0.717, 1.165) is 30.3 Å². The molecule has 156 valence electrons. The third-order valence-corrected chi connectivity index (χ3v) is 3.52. The molecule has 0 fully saturated rings. The number of nitrogens with one attached hydrogen (secondary N) is 1. The second-order valence-corrected chi connectivity index (χ2v) is 5.54. The normalized spacial score (nSPS) is 11.1. The third-order valence-electron chi connectivity index (χ3n) is 3.52. The van der Waals surface area contributed by atoms with Crippen LogP contribution in [0.4, 0.5) is 17.6 Å². The third kappa shape index (κ3) is 7.68. The van der Waals surface area contributed by atoms with Gasteiger partial charge in [0.1, 0.15) is 17.2 Å². The van der Waals surface area contributed by atoms with Crippen LogP contribution in [-0.4, -0.2) is 32.0 Å². The highest BCUT2D eigenvalue weighted by Crippen LogP contribution is 2.26. The predicted octanol–water partition coefficient (Wildman–Crippen LogP) is 3.98. The number of hydrazone groups is 1. The maximum Gasteiger partial charge on any atom is 0.387 e. The van der Waals surface area contributed by atoms with E-state index in [4.69, 9.17) is 4.74 Å². The second kappa shape index (κ2) is 10.9. The molecule has 29 heavy (non-hydrogen) atoms. The molecule has 0 aromatic heterocycles. The molecule has 2 aromatic rings. The number of carbonyl (C=O) groups is 1. The molecule has 0 aliphatic heterocycles. The van der Waals surface area contributed by atoms with E-state index in [9.17, 15) is 22.4 Å². The average Bonchev–Trinajstić information content (AvgIpc) is 2.67. The van der Waals surface area contributed by atoms with Gasteiger partial charge in [-0.05, 0) is 36.2 Å². The lowest BCUT2D eigenvalue weighted by molar-refractivity contribution is -0.123. The first kappa shape index (κ1) is 22.0. The Labute approximate surface area is 164 Å². The first-order chi connectivity index (χ1) is 13.9. The number of ether oxygens (including phenoxy) is 3. The Kier molecular flexibility index (Phi) is 8.26. The molecule has 2 rings (SSSR count). The Hall–Kier alpha value is -3.30. The van der Waals surface area contributed by atoms with Gasteiger partial charge >= 0.3 is 13.2 Å². The van der Waals surface area contributed by atoms with E-state index in [2.05, 4.69) is 20.0 Å². The molecule has 0 heterocycles. The number of benzene rings is 2. The highest BCUT2D eigenvalue weighted by Gasteiger charge is 2.12. The van der Waals surface area contributed by atoms with Gasteiger partial charge in [-0.3, -0.25) is 4.79 Å². The first-order valence-corrected chi connectivity index (χ1v) is 8.44. The number of rotatable bonds is 10. The van der Waals surface area contributed by atoms with E-state index < -0.39 is 24.9 Å². The maximum atomic E-state index is 12.5. The number of halogens is 4. The smallest absolute Gasteiger partial charge is 0.387 e. The van der Waals surface area contributed by atoms with E-state index >= 15 is 0 Å². The van der Waals surface area contributed by atoms with Gasteiger partial charge in [0, 0.05) is 11.6 Å². The van der Waals surface area contributed by atoms with Crippen molar-refractivity contribution in [3.8, 4) is 17.2 Å². The lowest BCUT2D eigenvalue weighted by Crippen LogP contribution is -2.24. The van der Waals surface area contributed by atoms with Crippen LogP contribution in [0, 0.1) is 0 Å². The highest BCUT2D eigenvalue weighted by molar-refractivity contribution is 5.85. The zero-order valence-electron chi connectivity index (χ0n) is 15.3. The molecular formula is C19H18F4N2O4. The number of hydrogen-bond acceptors (Lipinski definition) is 5. The molecule has 1 N–H and O–H groups in total. The summed E-state index contributed by atoms with van der Waals surface area (Å²) in [6.07, 6.45) is 1.90. The van der Waals surface area contributed by atoms with E-state index in [1.54, 1.807) is 12.1 Å². The summed E-state index contributed by atoms with van der Waals surface area (Å²) in [5.74, 6) is -0.888. The summed E-state index contributed by atoms with van der Waals surface area (Å²) in [6, 6.07) is 10.4. The zero-order valence-corrected chi connectivity index (χ0v) is 15.3. The van der Waals surface area contributed by atoms with Crippen molar-refractivity contribution < 1.29 is 36.6 Å². The van der Waals surface area contributed by atoms with Gasteiger partial charge in [-0.2, -0.15) is 22.7 Å². The van der Waals surface area contributed by atoms with Crippen molar-refractivity contribution in [2.24, 2.45) is 5.10 Å². The summed E-state index contributed by atoms with van der Waals surface area (Å²) in [7, 11) is 0. The van der Waals surface area contributed by atoms with Gasteiger partial charge < -0.3 is 14.2 Å². The highest BCUT2D eigenvalue weighted by atomic mass is 19.3.